The van der Waals surface area contributed by atoms with Gasteiger partial charge in [-0.25, -0.2) is 4.68 Å². The Morgan fingerprint density at radius 1 is 1.35 bits per heavy atom. The summed E-state index contributed by atoms with van der Waals surface area (Å²) in [6.07, 6.45) is 0.200. The summed E-state index contributed by atoms with van der Waals surface area (Å²) in [6, 6.07) is 0. The molecule has 2 heterocycles. The molecule has 17 heavy (non-hydrogen) atoms. The van der Waals surface area contributed by atoms with E-state index >= 15 is 0 Å². The van der Waals surface area contributed by atoms with Crippen molar-refractivity contribution < 1.29 is 9.90 Å². The van der Waals surface area contributed by atoms with Gasteiger partial charge in [0.1, 0.15) is 0 Å². The maximum absolute atomic E-state index is 10.5. The van der Waals surface area contributed by atoms with E-state index in [9.17, 15) is 4.79 Å². The minimum atomic E-state index is -0.745. The average Bonchev–Trinajstić information content (AvgIpc) is 2.73. The van der Waals surface area contributed by atoms with Crippen LogP contribution in [0.25, 0.3) is 0 Å². The Kier molecular flexibility index (Phi) is 3.52. The quantitative estimate of drug-likeness (QED) is 0.707. The van der Waals surface area contributed by atoms with Crippen LogP contribution in [-0.4, -0.2) is 68.9 Å². The van der Waals surface area contributed by atoms with Crippen molar-refractivity contribution in [3.05, 3.63) is 0 Å². The van der Waals surface area contributed by atoms with Crippen molar-refractivity contribution in [3.63, 3.8) is 0 Å². The molecule has 0 spiro atoms. The van der Waals surface area contributed by atoms with Gasteiger partial charge in [-0.2, -0.15) is 0 Å². The number of aromatic nitrogens is 4. The van der Waals surface area contributed by atoms with Crippen LogP contribution in [0.3, 0.4) is 0 Å². The number of aliphatic carboxylic acids is 1. The summed E-state index contributed by atoms with van der Waals surface area (Å²) >= 11 is 0. The second-order valence-electron chi connectivity index (χ2n) is 4.07. The van der Waals surface area contributed by atoms with Gasteiger partial charge in [-0.05, 0) is 10.4 Å². The van der Waals surface area contributed by atoms with Gasteiger partial charge in [-0.15, -0.1) is 0 Å². The lowest BCUT2D eigenvalue weighted by Crippen LogP contribution is -2.47. The fourth-order valence-corrected chi connectivity index (χ4v) is 1.92. The second-order valence-corrected chi connectivity index (χ2v) is 4.07. The number of carbonyl (C=O) groups is 1. The molecule has 1 saturated heterocycles. The molecule has 1 aliphatic rings. The van der Waals surface area contributed by atoms with Crippen molar-refractivity contribution in [2.75, 3.05) is 37.6 Å². The van der Waals surface area contributed by atoms with Crippen LogP contribution in [0.15, 0.2) is 0 Å². The molecule has 8 nitrogen and oxygen atoms in total. The van der Waals surface area contributed by atoms with Crippen LogP contribution in [-0.2, 0) is 11.8 Å². The van der Waals surface area contributed by atoms with Crippen molar-refractivity contribution in [2.24, 2.45) is 7.05 Å². The van der Waals surface area contributed by atoms with Crippen molar-refractivity contribution in [1.29, 1.82) is 0 Å². The smallest absolute Gasteiger partial charge is 0.304 e. The number of hydrogen-bond acceptors (Lipinski definition) is 6. The van der Waals surface area contributed by atoms with Crippen LogP contribution in [0, 0.1) is 0 Å². The Bertz CT molecular complexity index is 385. The lowest BCUT2D eigenvalue weighted by atomic mass is 10.3. The molecule has 0 aromatic carbocycles. The molecule has 0 saturated carbocycles. The molecule has 1 N–H and O–H groups in total. The summed E-state index contributed by atoms with van der Waals surface area (Å²) in [5, 5.41) is 20.0. The number of hydrogen-bond donors (Lipinski definition) is 1. The molecule has 1 aliphatic heterocycles. The van der Waals surface area contributed by atoms with E-state index in [1.165, 1.54) is 0 Å². The van der Waals surface area contributed by atoms with E-state index in [4.69, 9.17) is 5.11 Å². The summed E-state index contributed by atoms with van der Waals surface area (Å²) < 4.78 is 1.65. The number of nitrogens with zero attached hydrogens (tertiary/aromatic N) is 6. The van der Waals surface area contributed by atoms with Gasteiger partial charge in [0.15, 0.2) is 0 Å². The van der Waals surface area contributed by atoms with E-state index in [-0.39, 0.29) is 6.42 Å². The number of carboxylic acids is 1. The van der Waals surface area contributed by atoms with E-state index in [2.05, 4.69) is 25.3 Å². The Morgan fingerprint density at radius 2 is 2.06 bits per heavy atom. The Morgan fingerprint density at radius 3 is 2.59 bits per heavy atom. The zero-order valence-electron chi connectivity index (χ0n) is 9.78. The van der Waals surface area contributed by atoms with Gasteiger partial charge in [-0.1, -0.05) is 5.10 Å². The summed E-state index contributed by atoms with van der Waals surface area (Å²) in [5.41, 5.74) is 0. The molecular formula is C9H16N6O2. The number of piperazine rings is 1. The predicted molar refractivity (Wildman–Crippen MR) is 59.7 cm³/mol. The SMILES string of the molecule is Cn1nnnc1N1CCN(CCC(=O)O)CC1. The molecule has 0 bridgehead atoms. The molecule has 94 valence electrons. The zero-order valence-corrected chi connectivity index (χ0v) is 9.78. The number of aryl methyl sites for hydroxylation is 1. The molecule has 0 aliphatic carbocycles. The third-order valence-electron chi connectivity index (χ3n) is 2.89. The van der Waals surface area contributed by atoms with Crippen molar-refractivity contribution in [2.45, 2.75) is 6.42 Å². The monoisotopic (exact) mass is 240 g/mol. The summed E-state index contributed by atoms with van der Waals surface area (Å²) in [7, 11) is 1.81. The molecule has 0 unspecified atom stereocenters. The van der Waals surface area contributed by atoms with Gasteiger partial charge in [0.2, 0.25) is 5.95 Å². The van der Waals surface area contributed by atoms with E-state index in [1.807, 2.05) is 7.05 Å². The summed E-state index contributed by atoms with van der Waals surface area (Å²) in [4.78, 5) is 14.7. The van der Waals surface area contributed by atoms with Gasteiger partial charge in [0.05, 0.1) is 6.42 Å². The zero-order chi connectivity index (χ0) is 12.3. The minimum Gasteiger partial charge on any atom is -0.481 e. The van der Waals surface area contributed by atoms with Crippen molar-refractivity contribution in [3.8, 4) is 0 Å². The van der Waals surface area contributed by atoms with Crippen LogP contribution >= 0.6 is 0 Å². The van der Waals surface area contributed by atoms with E-state index in [1.54, 1.807) is 4.68 Å². The third kappa shape index (κ3) is 2.90. The normalized spacial score (nSPS) is 17.4. The molecule has 0 amide bonds. The molecule has 8 heteroatoms. The first kappa shape index (κ1) is 11.8. The van der Waals surface area contributed by atoms with Gasteiger partial charge in [-0.3, -0.25) is 9.69 Å². The summed E-state index contributed by atoms with van der Waals surface area (Å²) in [5.74, 6) is 0.0211. The number of tetrazole rings is 1. The van der Waals surface area contributed by atoms with Crippen molar-refractivity contribution >= 4 is 11.9 Å². The highest BCUT2D eigenvalue weighted by molar-refractivity contribution is 5.66. The Balaban J connectivity index is 1.82. The van der Waals surface area contributed by atoms with Crippen molar-refractivity contribution in [1.82, 2.24) is 25.1 Å². The van der Waals surface area contributed by atoms with Crippen LogP contribution in [0.1, 0.15) is 6.42 Å². The van der Waals surface area contributed by atoms with E-state index in [0.717, 1.165) is 32.1 Å². The second kappa shape index (κ2) is 5.09. The van der Waals surface area contributed by atoms with Gasteiger partial charge >= 0.3 is 5.97 Å². The highest BCUT2D eigenvalue weighted by Crippen LogP contribution is 2.10. The fourth-order valence-electron chi connectivity index (χ4n) is 1.92. The largest absolute Gasteiger partial charge is 0.481 e. The standard InChI is InChI=1S/C9H16N6O2/c1-13-9(10-11-12-13)15-6-4-14(5-7-15)3-2-8(16)17/h2-7H2,1H3,(H,16,17). The molecule has 2 rings (SSSR count). The number of carboxylic acid groups (broad SMARTS) is 1. The average molecular weight is 240 g/mol. The topological polar surface area (TPSA) is 87.4 Å². The van der Waals surface area contributed by atoms with Gasteiger partial charge in [0, 0.05) is 39.8 Å². The first-order chi connectivity index (χ1) is 8.16. The first-order valence-electron chi connectivity index (χ1n) is 5.58. The molecule has 0 radical (unpaired) electrons. The highest BCUT2D eigenvalue weighted by atomic mass is 16.4. The number of rotatable bonds is 4. The van der Waals surface area contributed by atoms with Crippen LogP contribution in [0.5, 0.6) is 0 Å². The van der Waals surface area contributed by atoms with E-state index in [0.29, 0.717) is 6.54 Å². The first-order valence-corrected chi connectivity index (χ1v) is 5.58. The van der Waals surface area contributed by atoms with Crippen LogP contribution in [0.4, 0.5) is 5.95 Å². The lowest BCUT2D eigenvalue weighted by molar-refractivity contribution is -0.137. The fraction of sp³-hybridized carbons (Fsp3) is 0.778. The van der Waals surface area contributed by atoms with Crippen LogP contribution in [0.2, 0.25) is 0 Å². The van der Waals surface area contributed by atoms with Crippen LogP contribution < -0.4 is 4.90 Å². The summed E-state index contributed by atoms with van der Waals surface area (Å²) in [6.45, 7) is 3.96. The van der Waals surface area contributed by atoms with Gasteiger partial charge < -0.3 is 10.0 Å². The molecule has 1 aromatic heterocycles. The molecule has 1 aromatic rings. The molecular weight excluding hydrogens is 224 g/mol. The predicted octanol–water partition coefficient (Wildman–Crippen LogP) is -1.19. The number of anilines is 1. The van der Waals surface area contributed by atoms with E-state index < -0.39 is 5.97 Å². The molecule has 1 fully saturated rings. The Hall–Kier alpha value is -1.70. The Labute approximate surface area is 98.8 Å². The maximum atomic E-state index is 10.5. The lowest BCUT2D eigenvalue weighted by Gasteiger charge is -2.34. The minimum absolute atomic E-state index is 0.200. The van der Waals surface area contributed by atoms with Gasteiger partial charge in [0.25, 0.3) is 0 Å². The highest BCUT2D eigenvalue weighted by Gasteiger charge is 2.20. The third-order valence-corrected chi connectivity index (χ3v) is 2.89. The maximum Gasteiger partial charge on any atom is 0.304 e. The molecule has 0 atom stereocenters.